The molecule has 1 aromatic rings. The van der Waals surface area contributed by atoms with E-state index in [1.54, 1.807) is 13.0 Å². The maximum absolute atomic E-state index is 9.78. The topological polar surface area (TPSA) is 52.5 Å². The minimum absolute atomic E-state index is 0.0966. The van der Waals surface area contributed by atoms with Crippen LogP contribution in [0.1, 0.15) is 37.4 Å². The van der Waals surface area contributed by atoms with Crippen molar-refractivity contribution < 1.29 is 10.2 Å². The molecule has 2 atom stereocenters. The number of phenols is 1. The lowest BCUT2D eigenvalue weighted by atomic mass is 10.0. The normalized spacial score (nSPS) is 14.8. The number of rotatable bonds is 5. The smallest absolute Gasteiger partial charge is 0.120 e. The van der Waals surface area contributed by atoms with Gasteiger partial charge in [-0.25, -0.2) is 0 Å². The lowest BCUT2D eigenvalue weighted by Crippen LogP contribution is -2.22. The molecule has 0 saturated carbocycles. The first-order chi connectivity index (χ1) is 7.50. The van der Waals surface area contributed by atoms with Crippen molar-refractivity contribution in [1.29, 1.82) is 0 Å². The van der Waals surface area contributed by atoms with E-state index in [0.29, 0.717) is 5.75 Å². The predicted molar refractivity (Wildman–Crippen MR) is 65.6 cm³/mol. The summed E-state index contributed by atoms with van der Waals surface area (Å²) in [6, 6.07) is 5.79. The van der Waals surface area contributed by atoms with E-state index in [0.717, 1.165) is 24.1 Å². The van der Waals surface area contributed by atoms with Crippen LogP contribution in [-0.2, 0) is 0 Å². The summed E-state index contributed by atoms with van der Waals surface area (Å²) in [5, 5.41) is 22.2. The standard InChI is InChI=1S/C13H21NO2/c1-9-4-5-12(13(16)8-9)11(3)14-7-6-10(2)15/h4-5,8,10-11,14-16H,6-7H2,1-3H3. The van der Waals surface area contributed by atoms with Crippen LogP contribution in [-0.4, -0.2) is 22.9 Å². The van der Waals surface area contributed by atoms with Gasteiger partial charge in [-0.1, -0.05) is 12.1 Å². The highest BCUT2D eigenvalue weighted by molar-refractivity contribution is 5.37. The molecule has 0 aliphatic rings. The van der Waals surface area contributed by atoms with Crippen LogP contribution in [0.4, 0.5) is 0 Å². The van der Waals surface area contributed by atoms with Crippen LogP contribution < -0.4 is 5.32 Å². The summed E-state index contributed by atoms with van der Waals surface area (Å²) < 4.78 is 0. The molecule has 0 radical (unpaired) electrons. The summed E-state index contributed by atoms with van der Waals surface area (Å²) in [7, 11) is 0. The van der Waals surface area contributed by atoms with Gasteiger partial charge in [-0.3, -0.25) is 0 Å². The van der Waals surface area contributed by atoms with Gasteiger partial charge in [0.1, 0.15) is 5.75 Å². The second kappa shape index (κ2) is 5.87. The number of hydrogen-bond donors (Lipinski definition) is 3. The molecule has 0 aliphatic heterocycles. The van der Waals surface area contributed by atoms with Crippen LogP contribution >= 0.6 is 0 Å². The van der Waals surface area contributed by atoms with E-state index in [1.807, 2.05) is 26.0 Å². The predicted octanol–water partition coefficient (Wildman–Crippen LogP) is 2.12. The highest BCUT2D eigenvalue weighted by Gasteiger charge is 2.09. The number of aliphatic hydroxyl groups excluding tert-OH is 1. The third-order valence-electron chi connectivity index (χ3n) is 2.67. The molecule has 3 heteroatoms. The van der Waals surface area contributed by atoms with Crippen LogP contribution in [0.2, 0.25) is 0 Å². The van der Waals surface area contributed by atoms with E-state index >= 15 is 0 Å². The number of nitrogens with one attached hydrogen (secondary N) is 1. The Bertz CT molecular complexity index is 337. The number of aromatic hydroxyl groups is 1. The van der Waals surface area contributed by atoms with Gasteiger partial charge in [-0.15, -0.1) is 0 Å². The number of aryl methyl sites for hydroxylation is 1. The van der Waals surface area contributed by atoms with Crippen molar-refractivity contribution in [3.05, 3.63) is 29.3 Å². The molecule has 0 aliphatic carbocycles. The molecular weight excluding hydrogens is 202 g/mol. The van der Waals surface area contributed by atoms with Gasteiger partial charge in [0, 0.05) is 11.6 Å². The summed E-state index contributed by atoms with van der Waals surface area (Å²) in [4.78, 5) is 0. The van der Waals surface area contributed by atoms with Gasteiger partial charge in [0.2, 0.25) is 0 Å². The van der Waals surface area contributed by atoms with E-state index in [2.05, 4.69) is 5.32 Å². The highest BCUT2D eigenvalue weighted by atomic mass is 16.3. The summed E-state index contributed by atoms with van der Waals surface area (Å²) in [6.07, 6.45) is 0.433. The molecule has 3 N–H and O–H groups in total. The van der Waals surface area contributed by atoms with E-state index < -0.39 is 0 Å². The minimum atomic E-state index is -0.286. The van der Waals surface area contributed by atoms with E-state index in [1.165, 1.54) is 0 Å². The van der Waals surface area contributed by atoms with Crippen LogP contribution in [0, 0.1) is 6.92 Å². The first-order valence-electron chi connectivity index (χ1n) is 5.71. The Morgan fingerprint density at radius 1 is 1.31 bits per heavy atom. The quantitative estimate of drug-likeness (QED) is 0.716. The summed E-state index contributed by atoms with van der Waals surface area (Å²) in [6.45, 7) is 6.48. The molecule has 1 rings (SSSR count). The molecule has 2 unspecified atom stereocenters. The second-order valence-corrected chi connectivity index (χ2v) is 4.38. The van der Waals surface area contributed by atoms with Gasteiger partial charge in [0.05, 0.1) is 6.10 Å². The molecular formula is C13H21NO2. The zero-order valence-corrected chi connectivity index (χ0v) is 10.2. The molecule has 90 valence electrons. The van der Waals surface area contributed by atoms with Gasteiger partial charge >= 0.3 is 0 Å². The molecule has 1 aromatic carbocycles. The molecule has 0 fully saturated rings. The van der Waals surface area contributed by atoms with Crippen LogP contribution in [0.15, 0.2) is 18.2 Å². The molecule has 0 aromatic heterocycles. The van der Waals surface area contributed by atoms with Crippen LogP contribution in [0.5, 0.6) is 5.75 Å². The average Bonchev–Trinajstić information content (AvgIpc) is 2.16. The van der Waals surface area contributed by atoms with Crippen molar-refractivity contribution in [2.75, 3.05) is 6.54 Å². The lowest BCUT2D eigenvalue weighted by molar-refractivity contribution is 0.182. The monoisotopic (exact) mass is 223 g/mol. The Morgan fingerprint density at radius 3 is 2.56 bits per heavy atom. The molecule has 0 spiro atoms. The number of phenolic OH excluding ortho intramolecular Hbond substituents is 1. The zero-order valence-electron chi connectivity index (χ0n) is 10.2. The molecule has 16 heavy (non-hydrogen) atoms. The van der Waals surface area contributed by atoms with Gasteiger partial charge in [-0.05, 0) is 45.4 Å². The molecule has 0 amide bonds. The summed E-state index contributed by atoms with van der Waals surface area (Å²) in [5.74, 6) is 0.331. The van der Waals surface area contributed by atoms with Gasteiger partial charge in [0.15, 0.2) is 0 Å². The largest absolute Gasteiger partial charge is 0.508 e. The lowest BCUT2D eigenvalue weighted by Gasteiger charge is -2.16. The van der Waals surface area contributed by atoms with E-state index in [9.17, 15) is 5.11 Å². The van der Waals surface area contributed by atoms with Crippen molar-refractivity contribution in [2.45, 2.75) is 39.3 Å². The van der Waals surface area contributed by atoms with Gasteiger partial charge < -0.3 is 15.5 Å². The van der Waals surface area contributed by atoms with Crippen molar-refractivity contribution in [3.63, 3.8) is 0 Å². The molecule has 0 bridgehead atoms. The van der Waals surface area contributed by atoms with Gasteiger partial charge in [-0.2, -0.15) is 0 Å². The zero-order chi connectivity index (χ0) is 12.1. The minimum Gasteiger partial charge on any atom is -0.508 e. The first-order valence-corrected chi connectivity index (χ1v) is 5.71. The van der Waals surface area contributed by atoms with E-state index in [-0.39, 0.29) is 12.1 Å². The maximum atomic E-state index is 9.78. The van der Waals surface area contributed by atoms with Crippen molar-refractivity contribution in [3.8, 4) is 5.75 Å². The fourth-order valence-electron chi connectivity index (χ4n) is 1.64. The number of benzene rings is 1. The Labute approximate surface area is 97.1 Å². The van der Waals surface area contributed by atoms with Gasteiger partial charge in [0.25, 0.3) is 0 Å². The third-order valence-corrected chi connectivity index (χ3v) is 2.67. The average molecular weight is 223 g/mol. The van der Waals surface area contributed by atoms with Crippen molar-refractivity contribution >= 4 is 0 Å². The highest BCUT2D eigenvalue weighted by Crippen LogP contribution is 2.24. The van der Waals surface area contributed by atoms with Crippen LogP contribution in [0.3, 0.4) is 0 Å². The molecule has 3 nitrogen and oxygen atoms in total. The first kappa shape index (κ1) is 13.0. The summed E-state index contributed by atoms with van der Waals surface area (Å²) in [5.41, 5.74) is 1.95. The SMILES string of the molecule is Cc1ccc(C(C)NCCC(C)O)c(O)c1. The Kier molecular flexibility index (Phi) is 4.77. The van der Waals surface area contributed by atoms with Crippen molar-refractivity contribution in [2.24, 2.45) is 0 Å². The van der Waals surface area contributed by atoms with Crippen molar-refractivity contribution in [1.82, 2.24) is 5.32 Å². The fourth-order valence-corrected chi connectivity index (χ4v) is 1.64. The Balaban J connectivity index is 2.55. The maximum Gasteiger partial charge on any atom is 0.120 e. The number of aliphatic hydroxyl groups is 1. The molecule has 0 heterocycles. The summed E-state index contributed by atoms with van der Waals surface area (Å²) >= 11 is 0. The van der Waals surface area contributed by atoms with E-state index in [4.69, 9.17) is 5.11 Å². The molecule has 0 saturated heterocycles. The second-order valence-electron chi connectivity index (χ2n) is 4.38. The number of hydrogen-bond acceptors (Lipinski definition) is 3. The fraction of sp³-hybridized carbons (Fsp3) is 0.538. The third kappa shape index (κ3) is 3.83. The Hall–Kier alpha value is -1.06. The Morgan fingerprint density at radius 2 is 2.00 bits per heavy atom. The van der Waals surface area contributed by atoms with Crippen LogP contribution in [0.25, 0.3) is 0 Å².